The van der Waals surface area contributed by atoms with Crippen LogP contribution in [0.5, 0.6) is 0 Å². The minimum Gasteiger partial charge on any atom is -0.478 e. The molecule has 0 aliphatic heterocycles. The molecule has 0 saturated carbocycles. The van der Waals surface area contributed by atoms with E-state index in [-0.39, 0.29) is 6.07 Å². The second kappa shape index (κ2) is 5.05. The smallest absolute Gasteiger partial charge is 0.458 e. The Morgan fingerprint density at radius 2 is 1.62 bits per heavy atom. The fourth-order valence-corrected chi connectivity index (χ4v) is 2.23. The zero-order valence-corrected chi connectivity index (χ0v) is 11.0. The first-order valence-electron chi connectivity index (χ1n) is 4.66. The van der Waals surface area contributed by atoms with Crippen LogP contribution in [-0.2, 0) is 15.0 Å². The summed E-state index contributed by atoms with van der Waals surface area (Å²) in [6.45, 7) is 0. The SMILES string of the molecule is O=C(O)c1cc(S(=O)(=O)Cl)c(F)cc1C(F)(F)C(F)(F)F. The standard InChI is InChI=1S/C9H3ClF6O4S/c10-21(19,20)6-1-3(7(17)18)4(2-5(6)11)8(12,13)9(14,15)16/h1-2H,(H,17,18). The summed E-state index contributed by atoms with van der Waals surface area (Å²) in [5.41, 5.74) is -3.97. The molecule has 21 heavy (non-hydrogen) atoms. The van der Waals surface area contributed by atoms with Gasteiger partial charge in [0.25, 0.3) is 9.05 Å². The second-order valence-electron chi connectivity index (χ2n) is 3.64. The molecule has 1 rings (SSSR count). The normalized spacial score (nSPS) is 13.3. The van der Waals surface area contributed by atoms with E-state index in [9.17, 15) is 39.6 Å². The van der Waals surface area contributed by atoms with Crippen molar-refractivity contribution < 1.29 is 44.7 Å². The first-order valence-corrected chi connectivity index (χ1v) is 6.97. The predicted molar refractivity (Wildman–Crippen MR) is 56.3 cm³/mol. The minimum atomic E-state index is -6.20. The Bertz CT molecular complexity index is 697. The Morgan fingerprint density at radius 3 is 1.95 bits per heavy atom. The Hall–Kier alpha value is -1.49. The number of carboxylic acids is 1. The zero-order valence-electron chi connectivity index (χ0n) is 9.38. The molecular formula is C9H3ClF6O4S. The van der Waals surface area contributed by atoms with Crippen LogP contribution in [0.25, 0.3) is 0 Å². The summed E-state index contributed by atoms with van der Waals surface area (Å²) in [4.78, 5) is 9.20. The fraction of sp³-hybridized carbons (Fsp3) is 0.222. The second-order valence-corrected chi connectivity index (χ2v) is 6.18. The van der Waals surface area contributed by atoms with Crippen molar-refractivity contribution in [1.29, 1.82) is 0 Å². The Kier molecular flexibility index (Phi) is 4.23. The number of benzene rings is 1. The van der Waals surface area contributed by atoms with Crippen molar-refractivity contribution in [2.75, 3.05) is 0 Å². The molecule has 0 unspecified atom stereocenters. The molecule has 1 aromatic rings. The maximum Gasteiger partial charge on any atom is 0.458 e. The van der Waals surface area contributed by atoms with Crippen LogP contribution in [0.15, 0.2) is 17.0 Å². The lowest BCUT2D eigenvalue weighted by Crippen LogP contribution is -2.35. The number of hydrogen-bond donors (Lipinski definition) is 1. The van der Waals surface area contributed by atoms with Crippen molar-refractivity contribution in [2.24, 2.45) is 0 Å². The molecule has 4 nitrogen and oxygen atoms in total. The molecular weight excluding hydrogens is 354 g/mol. The highest BCUT2D eigenvalue weighted by atomic mass is 35.7. The van der Waals surface area contributed by atoms with E-state index in [0.717, 1.165) is 0 Å². The highest BCUT2D eigenvalue weighted by Gasteiger charge is 2.60. The summed E-state index contributed by atoms with van der Waals surface area (Å²) in [7, 11) is -0.153. The molecule has 0 aliphatic carbocycles. The van der Waals surface area contributed by atoms with Crippen LogP contribution in [0.1, 0.15) is 15.9 Å². The van der Waals surface area contributed by atoms with Crippen molar-refractivity contribution in [1.82, 2.24) is 0 Å². The van der Waals surface area contributed by atoms with Crippen LogP contribution in [0.4, 0.5) is 26.3 Å². The van der Waals surface area contributed by atoms with Crippen LogP contribution in [0, 0.1) is 5.82 Å². The van der Waals surface area contributed by atoms with Crippen molar-refractivity contribution >= 4 is 25.7 Å². The van der Waals surface area contributed by atoms with Gasteiger partial charge in [-0.1, -0.05) is 0 Å². The van der Waals surface area contributed by atoms with E-state index < -0.39 is 55.0 Å². The lowest BCUT2D eigenvalue weighted by atomic mass is 10.0. The fourth-order valence-electron chi connectivity index (χ4n) is 1.33. The number of rotatable bonds is 3. The Balaban J connectivity index is 3.79. The van der Waals surface area contributed by atoms with Gasteiger partial charge in [-0.15, -0.1) is 0 Å². The van der Waals surface area contributed by atoms with E-state index >= 15 is 0 Å². The van der Waals surface area contributed by atoms with Gasteiger partial charge in [0.15, 0.2) is 0 Å². The van der Waals surface area contributed by atoms with E-state index in [4.69, 9.17) is 15.8 Å². The highest BCUT2D eigenvalue weighted by molar-refractivity contribution is 8.13. The van der Waals surface area contributed by atoms with E-state index in [0.29, 0.717) is 0 Å². The monoisotopic (exact) mass is 356 g/mol. The molecule has 0 atom stereocenters. The number of aromatic carboxylic acids is 1. The Morgan fingerprint density at radius 1 is 1.14 bits per heavy atom. The molecule has 0 bridgehead atoms. The van der Waals surface area contributed by atoms with Gasteiger partial charge in [0.2, 0.25) is 0 Å². The van der Waals surface area contributed by atoms with Gasteiger partial charge >= 0.3 is 18.1 Å². The van der Waals surface area contributed by atoms with Gasteiger partial charge in [-0.25, -0.2) is 17.6 Å². The molecule has 0 aromatic heterocycles. The highest BCUT2D eigenvalue weighted by Crippen LogP contribution is 2.45. The number of alkyl halides is 5. The van der Waals surface area contributed by atoms with Gasteiger partial charge in [-0.3, -0.25) is 0 Å². The lowest BCUT2D eigenvalue weighted by Gasteiger charge is -2.21. The molecule has 0 spiro atoms. The Labute approximate surface area is 117 Å². The number of carbonyl (C=O) groups is 1. The van der Waals surface area contributed by atoms with E-state index in [1.54, 1.807) is 0 Å². The lowest BCUT2D eigenvalue weighted by molar-refractivity contribution is -0.289. The summed E-state index contributed by atoms with van der Waals surface area (Å²) >= 11 is 0. The van der Waals surface area contributed by atoms with Crippen LogP contribution in [0.2, 0.25) is 0 Å². The third-order valence-electron chi connectivity index (χ3n) is 2.26. The van der Waals surface area contributed by atoms with Crippen molar-refractivity contribution in [3.05, 3.63) is 29.1 Å². The molecule has 1 N–H and O–H groups in total. The van der Waals surface area contributed by atoms with Gasteiger partial charge in [0, 0.05) is 16.2 Å². The van der Waals surface area contributed by atoms with E-state index in [1.807, 2.05) is 0 Å². The average molecular weight is 357 g/mol. The number of carboxylic acid groups (broad SMARTS) is 1. The molecule has 0 heterocycles. The number of hydrogen-bond acceptors (Lipinski definition) is 3. The van der Waals surface area contributed by atoms with Crippen LogP contribution < -0.4 is 0 Å². The third-order valence-corrected chi connectivity index (χ3v) is 3.60. The van der Waals surface area contributed by atoms with Gasteiger partial charge in [-0.05, 0) is 12.1 Å². The van der Waals surface area contributed by atoms with Gasteiger partial charge in [-0.2, -0.15) is 22.0 Å². The third kappa shape index (κ3) is 3.23. The first-order chi connectivity index (χ1) is 9.19. The summed E-state index contributed by atoms with van der Waals surface area (Å²) in [5, 5.41) is 8.61. The van der Waals surface area contributed by atoms with Crippen molar-refractivity contribution in [2.45, 2.75) is 17.0 Å². The first kappa shape index (κ1) is 17.6. The van der Waals surface area contributed by atoms with Gasteiger partial charge in [0.05, 0.1) is 5.56 Å². The summed E-state index contributed by atoms with van der Waals surface area (Å²) in [6.07, 6.45) is -6.20. The van der Waals surface area contributed by atoms with Crippen LogP contribution in [0.3, 0.4) is 0 Å². The topological polar surface area (TPSA) is 71.4 Å². The molecule has 0 fully saturated rings. The quantitative estimate of drug-likeness (QED) is 0.667. The summed E-state index contributed by atoms with van der Waals surface area (Å²) in [6, 6.07) is -0.721. The molecule has 1 aromatic carbocycles. The maximum atomic E-state index is 13.4. The zero-order chi connectivity index (χ0) is 16.8. The molecule has 0 saturated heterocycles. The summed E-state index contributed by atoms with van der Waals surface area (Å²) in [5.74, 6) is -10.0. The average Bonchev–Trinajstić information content (AvgIpc) is 2.24. The maximum absolute atomic E-state index is 13.4. The molecule has 12 heteroatoms. The molecule has 0 radical (unpaired) electrons. The van der Waals surface area contributed by atoms with Crippen molar-refractivity contribution in [3.8, 4) is 0 Å². The number of halogens is 7. The van der Waals surface area contributed by atoms with Crippen LogP contribution in [-0.4, -0.2) is 25.7 Å². The van der Waals surface area contributed by atoms with Gasteiger partial charge in [0.1, 0.15) is 10.7 Å². The van der Waals surface area contributed by atoms with Gasteiger partial charge < -0.3 is 5.11 Å². The summed E-state index contributed by atoms with van der Waals surface area (Å²) < 4.78 is 98.1. The van der Waals surface area contributed by atoms with Crippen LogP contribution >= 0.6 is 10.7 Å². The minimum absolute atomic E-state index is 0.199. The van der Waals surface area contributed by atoms with E-state index in [1.165, 1.54) is 0 Å². The van der Waals surface area contributed by atoms with Crippen molar-refractivity contribution in [3.63, 3.8) is 0 Å². The molecule has 0 aliphatic rings. The molecule has 0 amide bonds. The predicted octanol–water partition coefficient (Wildman–Crippen LogP) is 3.11. The molecule has 118 valence electrons. The largest absolute Gasteiger partial charge is 0.478 e. The van der Waals surface area contributed by atoms with E-state index in [2.05, 4.69) is 0 Å².